The van der Waals surface area contributed by atoms with Crippen molar-refractivity contribution in [1.29, 1.82) is 0 Å². The van der Waals surface area contributed by atoms with Gasteiger partial charge < -0.3 is 19.9 Å². The second-order valence-electron chi connectivity index (χ2n) is 5.19. The monoisotopic (exact) mass is 456 g/mol. The van der Waals surface area contributed by atoms with Crippen molar-refractivity contribution < 1.29 is 9.53 Å². The maximum absolute atomic E-state index is 11.6. The molecule has 0 fully saturated rings. The van der Waals surface area contributed by atoms with Crippen molar-refractivity contribution in [2.75, 3.05) is 20.2 Å². The molecule has 1 aromatic heterocycles. The van der Waals surface area contributed by atoms with Gasteiger partial charge in [-0.15, -0.1) is 24.0 Å². The molecule has 0 aliphatic carbocycles. The molecule has 7 heteroatoms. The van der Waals surface area contributed by atoms with Crippen LogP contribution in [0, 0.1) is 0 Å². The number of nitrogens with zero attached hydrogens (tertiary/aromatic N) is 2. The van der Waals surface area contributed by atoms with Gasteiger partial charge in [0.15, 0.2) is 5.96 Å². The molecule has 25 heavy (non-hydrogen) atoms. The summed E-state index contributed by atoms with van der Waals surface area (Å²) in [4.78, 5) is 15.8. The fourth-order valence-corrected chi connectivity index (χ4v) is 2.20. The highest BCUT2D eigenvalue weighted by atomic mass is 127. The van der Waals surface area contributed by atoms with Gasteiger partial charge in [0, 0.05) is 39.1 Å². The number of hydrogen-bond acceptors (Lipinski definition) is 3. The lowest BCUT2D eigenvalue weighted by atomic mass is 10.1. The van der Waals surface area contributed by atoms with E-state index in [9.17, 15) is 4.79 Å². The lowest BCUT2D eigenvalue weighted by Gasteiger charge is -2.12. The number of aromatic nitrogens is 1. The zero-order valence-corrected chi connectivity index (χ0v) is 16.9. The third-order valence-electron chi connectivity index (χ3n) is 3.48. The Morgan fingerprint density at radius 3 is 2.44 bits per heavy atom. The Labute approximate surface area is 165 Å². The number of rotatable bonds is 7. The molecule has 0 amide bonds. The quantitative estimate of drug-likeness (QED) is 0.291. The summed E-state index contributed by atoms with van der Waals surface area (Å²) in [6.45, 7) is 4.47. The third kappa shape index (κ3) is 7.16. The second-order valence-corrected chi connectivity index (χ2v) is 5.19. The summed E-state index contributed by atoms with van der Waals surface area (Å²) >= 11 is 0. The van der Waals surface area contributed by atoms with Gasteiger partial charge in [-0.25, -0.2) is 4.79 Å². The Balaban J connectivity index is 0.00000312. The van der Waals surface area contributed by atoms with Gasteiger partial charge in [-0.3, -0.25) is 4.99 Å². The number of guanidine groups is 1. The largest absolute Gasteiger partial charge is 0.462 e. The maximum atomic E-state index is 11.6. The van der Waals surface area contributed by atoms with Gasteiger partial charge >= 0.3 is 5.97 Å². The van der Waals surface area contributed by atoms with Crippen LogP contribution in [0.5, 0.6) is 0 Å². The first kappa shape index (κ1) is 21.0. The highest BCUT2D eigenvalue weighted by molar-refractivity contribution is 14.0. The number of benzene rings is 1. The number of nitrogens with one attached hydrogen (secondary N) is 2. The summed E-state index contributed by atoms with van der Waals surface area (Å²) in [5.74, 6) is 0.455. The zero-order chi connectivity index (χ0) is 17.2. The van der Waals surface area contributed by atoms with Gasteiger partial charge in [-0.1, -0.05) is 12.1 Å². The van der Waals surface area contributed by atoms with Crippen LogP contribution >= 0.6 is 24.0 Å². The summed E-state index contributed by atoms with van der Waals surface area (Å²) in [5, 5.41) is 6.52. The predicted molar refractivity (Wildman–Crippen MR) is 110 cm³/mol. The number of aliphatic imine (C=N–C) groups is 1. The van der Waals surface area contributed by atoms with E-state index in [1.54, 1.807) is 26.1 Å². The first-order valence-corrected chi connectivity index (χ1v) is 8.04. The Bertz CT molecular complexity index is 654. The van der Waals surface area contributed by atoms with Crippen LogP contribution in [0.15, 0.2) is 53.8 Å². The number of carbonyl (C=O) groups excluding carboxylic acids is 1. The van der Waals surface area contributed by atoms with E-state index >= 15 is 0 Å². The van der Waals surface area contributed by atoms with E-state index < -0.39 is 0 Å². The van der Waals surface area contributed by atoms with Crippen LogP contribution in [0.4, 0.5) is 0 Å². The van der Waals surface area contributed by atoms with Gasteiger partial charge in [0.2, 0.25) is 0 Å². The molecule has 0 unspecified atom stereocenters. The average molecular weight is 456 g/mol. The Morgan fingerprint density at radius 2 is 1.84 bits per heavy atom. The van der Waals surface area contributed by atoms with Crippen molar-refractivity contribution >= 4 is 35.9 Å². The average Bonchev–Trinajstić information content (AvgIpc) is 3.12. The van der Waals surface area contributed by atoms with E-state index in [1.807, 2.05) is 36.7 Å². The fourth-order valence-electron chi connectivity index (χ4n) is 2.20. The summed E-state index contributed by atoms with van der Waals surface area (Å²) in [5.41, 5.74) is 1.63. The van der Waals surface area contributed by atoms with Crippen molar-refractivity contribution in [2.24, 2.45) is 4.99 Å². The van der Waals surface area contributed by atoms with Gasteiger partial charge in [0.1, 0.15) is 0 Å². The molecule has 1 heterocycles. The molecule has 0 saturated heterocycles. The minimum Gasteiger partial charge on any atom is -0.462 e. The van der Waals surface area contributed by atoms with Crippen molar-refractivity contribution in [3.05, 3.63) is 59.9 Å². The predicted octanol–water partition coefficient (Wildman–Crippen LogP) is 2.65. The normalized spacial score (nSPS) is 10.7. The minimum atomic E-state index is -0.292. The summed E-state index contributed by atoms with van der Waals surface area (Å²) in [6, 6.07) is 11.4. The molecule has 136 valence electrons. The van der Waals surface area contributed by atoms with Crippen LogP contribution in [0.2, 0.25) is 0 Å². The molecule has 0 saturated carbocycles. The smallest absolute Gasteiger partial charge is 0.338 e. The molecule has 6 nitrogen and oxygen atoms in total. The van der Waals surface area contributed by atoms with E-state index in [4.69, 9.17) is 4.74 Å². The number of carbonyl (C=O) groups is 1. The topological polar surface area (TPSA) is 67.7 Å². The SMILES string of the molecule is CCOC(=O)c1ccc(CNC(=NC)NCCn2cccc2)cc1.I. The van der Waals surface area contributed by atoms with Gasteiger partial charge in [0.25, 0.3) is 0 Å². The van der Waals surface area contributed by atoms with Crippen LogP contribution in [-0.4, -0.2) is 36.7 Å². The summed E-state index contributed by atoms with van der Waals surface area (Å²) < 4.78 is 7.08. The molecule has 2 aromatic rings. The summed E-state index contributed by atoms with van der Waals surface area (Å²) in [7, 11) is 1.74. The molecule has 0 aliphatic rings. The Morgan fingerprint density at radius 1 is 1.16 bits per heavy atom. The van der Waals surface area contributed by atoms with Crippen molar-refractivity contribution in [3.8, 4) is 0 Å². The van der Waals surface area contributed by atoms with Gasteiger partial charge in [-0.05, 0) is 36.8 Å². The standard InChI is InChI=1S/C18H24N4O2.HI/c1-3-24-17(23)16-8-6-15(7-9-16)14-21-18(19-2)20-10-13-22-11-4-5-12-22;/h4-9,11-12H,3,10,13-14H2,1-2H3,(H2,19,20,21);1H. The second kappa shape index (κ2) is 11.5. The fraction of sp³-hybridized carbons (Fsp3) is 0.333. The first-order valence-electron chi connectivity index (χ1n) is 8.04. The highest BCUT2D eigenvalue weighted by Crippen LogP contribution is 2.06. The van der Waals surface area contributed by atoms with Crippen molar-refractivity contribution in [3.63, 3.8) is 0 Å². The molecule has 2 N–H and O–H groups in total. The number of halogens is 1. The molecule has 2 rings (SSSR count). The highest BCUT2D eigenvalue weighted by Gasteiger charge is 2.05. The summed E-state index contributed by atoms with van der Waals surface area (Å²) in [6.07, 6.45) is 4.06. The van der Waals surface area contributed by atoms with Crippen LogP contribution in [0.1, 0.15) is 22.8 Å². The van der Waals surface area contributed by atoms with E-state index in [0.717, 1.165) is 24.6 Å². The molecular formula is C18H25IN4O2. The number of ether oxygens (including phenoxy) is 1. The Kier molecular flexibility index (Phi) is 9.68. The van der Waals surface area contributed by atoms with E-state index in [-0.39, 0.29) is 29.9 Å². The molecule has 0 atom stereocenters. The molecule has 0 radical (unpaired) electrons. The maximum Gasteiger partial charge on any atom is 0.338 e. The van der Waals surface area contributed by atoms with E-state index in [2.05, 4.69) is 20.2 Å². The van der Waals surface area contributed by atoms with Crippen LogP contribution in [-0.2, 0) is 17.8 Å². The first-order chi connectivity index (χ1) is 11.7. The Hall–Kier alpha value is -2.03. The molecular weight excluding hydrogens is 431 g/mol. The van der Waals surface area contributed by atoms with Crippen molar-refractivity contribution in [1.82, 2.24) is 15.2 Å². The van der Waals surface area contributed by atoms with Gasteiger partial charge in [0.05, 0.1) is 12.2 Å². The molecule has 0 aliphatic heterocycles. The lowest BCUT2D eigenvalue weighted by Crippen LogP contribution is -2.38. The lowest BCUT2D eigenvalue weighted by molar-refractivity contribution is 0.0526. The van der Waals surface area contributed by atoms with Crippen LogP contribution < -0.4 is 10.6 Å². The van der Waals surface area contributed by atoms with Crippen LogP contribution in [0.25, 0.3) is 0 Å². The zero-order valence-electron chi connectivity index (χ0n) is 14.6. The van der Waals surface area contributed by atoms with E-state index in [1.165, 1.54) is 0 Å². The van der Waals surface area contributed by atoms with E-state index in [0.29, 0.717) is 18.7 Å². The van der Waals surface area contributed by atoms with Crippen LogP contribution in [0.3, 0.4) is 0 Å². The van der Waals surface area contributed by atoms with Gasteiger partial charge in [-0.2, -0.15) is 0 Å². The number of esters is 1. The minimum absolute atomic E-state index is 0. The molecule has 1 aromatic carbocycles. The molecule has 0 bridgehead atoms. The third-order valence-corrected chi connectivity index (χ3v) is 3.48. The van der Waals surface area contributed by atoms with Crippen molar-refractivity contribution in [2.45, 2.75) is 20.0 Å². The molecule has 0 spiro atoms. The number of hydrogen-bond donors (Lipinski definition) is 2.